The predicted octanol–water partition coefficient (Wildman–Crippen LogP) is 2.67. The fraction of sp³-hybridized carbons (Fsp3) is 0.357. The molecule has 0 radical (unpaired) electrons. The molecular formula is C14H16N4O5. The van der Waals surface area contributed by atoms with Crippen molar-refractivity contribution in [3.05, 3.63) is 40.3 Å². The number of hydrogen-bond donors (Lipinski definition) is 1. The Balaban J connectivity index is 2.07. The Morgan fingerprint density at radius 1 is 1.39 bits per heavy atom. The minimum Gasteiger partial charge on any atom is -0.444 e. The summed E-state index contributed by atoms with van der Waals surface area (Å²) >= 11 is 0. The van der Waals surface area contributed by atoms with E-state index in [9.17, 15) is 14.9 Å². The second-order valence-electron chi connectivity index (χ2n) is 5.64. The van der Waals surface area contributed by atoms with Crippen LogP contribution in [0.4, 0.5) is 10.5 Å². The number of nitro benzene ring substituents is 1. The number of carbonyl (C=O) groups excluding carboxylic acids is 1. The third kappa shape index (κ3) is 4.50. The van der Waals surface area contributed by atoms with E-state index >= 15 is 0 Å². The zero-order valence-corrected chi connectivity index (χ0v) is 12.9. The largest absolute Gasteiger partial charge is 0.444 e. The maximum absolute atomic E-state index is 11.5. The number of hydrogen-bond acceptors (Lipinski definition) is 7. The molecule has 0 aliphatic rings. The average molecular weight is 320 g/mol. The summed E-state index contributed by atoms with van der Waals surface area (Å²) in [4.78, 5) is 26.1. The van der Waals surface area contributed by atoms with Gasteiger partial charge in [-0.2, -0.15) is 4.98 Å². The number of nitrogens with one attached hydrogen (secondary N) is 1. The zero-order valence-electron chi connectivity index (χ0n) is 12.9. The maximum Gasteiger partial charge on any atom is 0.408 e. The smallest absolute Gasteiger partial charge is 0.408 e. The van der Waals surface area contributed by atoms with Crippen molar-refractivity contribution in [2.75, 3.05) is 0 Å². The van der Waals surface area contributed by atoms with Gasteiger partial charge in [-0.1, -0.05) is 17.3 Å². The Labute approximate surface area is 131 Å². The fourth-order valence-corrected chi connectivity index (χ4v) is 1.72. The van der Waals surface area contributed by atoms with Gasteiger partial charge in [-0.3, -0.25) is 10.1 Å². The van der Waals surface area contributed by atoms with E-state index in [2.05, 4.69) is 15.5 Å². The van der Waals surface area contributed by atoms with Gasteiger partial charge in [0.25, 0.3) is 5.69 Å². The summed E-state index contributed by atoms with van der Waals surface area (Å²) in [7, 11) is 0. The van der Waals surface area contributed by atoms with E-state index in [0.717, 1.165) is 0 Å². The first-order valence-electron chi connectivity index (χ1n) is 6.79. The Morgan fingerprint density at radius 3 is 2.74 bits per heavy atom. The van der Waals surface area contributed by atoms with Crippen LogP contribution in [0.25, 0.3) is 11.4 Å². The Hall–Kier alpha value is -2.97. The first-order chi connectivity index (χ1) is 10.8. The van der Waals surface area contributed by atoms with Crippen LogP contribution in [-0.4, -0.2) is 26.8 Å². The molecule has 0 fully saturated rings. The number of carbonyl (C=O) groups is 1. The summed E-state index contributed by atoms with van der Waals surface area (Å²) in [6.07, 6.45) is -0.622. The molecule has 1 N–H and O–H groups in total. The molecule has 122 valence electrons. The molecule has 1 amide bonds. The molecule has 2 aromatic rings. The lowest BCUT2D eigenvalue weighted by Gasteiger charge is -2.19. The number of aromatic nitrogens is 2. The summed E-state index contributed by atoms with van der Waals surface area (Å²) < 4.78 is 10.1. The SMILES string of the molecule is CC(C)(C)OC(=O)NCc1nc(-c2ccccc2[N+](=O)[O-])no1. The molecule has 0 atom stereocenters. The van der Waals surface area contributed by atoms with Crippen LogP contribution in [0, 0.1) is 10.1 Å². The molecule has 9 nitrogen and oxygen atoms in total. The molecule has 0 saturated heterocycles. The van der Waals surface area contributed by atoms with Crippen molar-refractivity contribution in [2.45, 2.75) is 32.9 Å². The number of rotatable bonds is 4. The average Bonchev–Trinajstić information content (AvgIpc) is 2.92. The van der Waals surface area contributed by atoms with E-state index in [-0.39, 0.29) is 29.5 Å². The van der Waals surface area contributed by atoms with Gasteiger partial charge in [-0.05, 0) is 26.8 Å². The number of alkyl carbamates (subject to hydrolysis) is 1. The van der Waals surface area contributed by atoms with Crippen molar-refractivity contribution < 1.29 is 19.0 Å². The highest BCUT2D eigenvalue weighted by Gasteiger charge is 2.20. The van der Waals surface area contributed by atoms with Crippen molar-refractivity contribution in [3.63, 3.8) is 0 Å². The lowest BCUT2D eigenvalue weighted by Crippen LogP contribution is -2.32. The first kappa shape index (κ1) is 16.4. The van der Waals surface area contributed by atoms with Crippen molar-refractivity contribution in [1.29, 1.82) is 0 Å². The van der Waals surface area contributed by atoms with Crippen molar-refractivity contribution in [3.8, 4) is 11.4 Å². The van der Waals surface area contributed by atoms with E-state index in [0.29, 0.717) is 0 Å². The number of ether oxygens (including phenoxy) is 1. The molecule has 0 bridgehead atoms. The summed E-state index contributed by atoms with van der Waals surface area (Å²) in [6, 6.07) is 6.06. The van der Waals surface area contributed by atoms with Crippen LogP contribution in [-0.2, 0) is 11.3 Å². The van der Waals surface area contributed by atoms with Gasteiger partial charge >= 0.3 is 6.09 Å². The van der Waals surface area contributed by atoms with Gasteiger partial charge in [0.1, 0.15) is 17.7 Å². The molecule has 9 heteroatoms. The topological polar surface area (TPSA) is 120 Å². The van der Waals surface area contributed by atoms with Crippen LogP contribution in [0.5, 0.6) is 0 Å². The Kier molecular flexibility index (Phi) is 4.58. The number of benzene rings is 1. The van der Waals surface area contributed by atoms with E-state index in [4.69, 9.17) is 9.26 Å². The molecule has 1 heterocycles. The minimum atomic E-state index is -0.622. The summed E-state index contributed by atoms with van der Waals surface area (Å²) in [5, 5.41) is 17.2. The lowest BCUT2D eigenvalue weighted by molar-refractivity contribution is -0.384. The molecule has 23 heavy (non-hydrogen) atoms. The maximum atomic E-state index is 11.5. The van der Waals surface area contributed by atoms with E-state index < -0.39 is 16.6 Å². The molecule has 1 aromatic heterocycles. The second-order valence-corrected chi connectivity index (χ2v) is 5.64. The summed E-state index contributed by atoms with van der Waals surface area (Å²) in [5.74, 6) is 0.197. The fourth-order valence-electron chi connectivity index (χ4n) is 1.72. The van der Waals surface area contributed by atoms with Crippen LogP contribution in [0.15, 0.2) is 28.8 Å². The number of nitro groups is 1. The highest BCUT2D eigenvalue weighted by atomic mass is 16.6. The third-order valence-corrected chi connectivity index (χ3v) is 2.59. The molecule has 0 unspecified atom stereocenters. The van der Waals surface area contributed by atoms with Crippen molar-refractivity contribution in [2.24, 2.45) is 0 Å². The predicted molar refractivity (Wildman–Crippen MR) is 79.5 cm³/mol. The van der Waals surface area contributed by atoms with E-state index in [1.807, 2.05) is 0 Å². The van der Waals surface area contributed by atoms with Crippen molar-refractivity contribution >= 4 is 11.8 Å². The number of para-hydroxylation sites is 1. The van der Waals surface area contributed by atoms with Gasteiger partial charge in [0.05, 0.1) is 4.92 Å². The van der Waals surface area contributed by atoms with Crippen LogP contribution in [0.3, 0.4) is 0 Å². The zero-order chi connectivity index (χ0) is 17.0. The van der Waals surface area contributed by atoms with Gasteiger partial charge in [0.15, 0.2) is 0 Å². The standard InChI is InChI=1S/C14H16N4O5/c1-14(2,3)22-13(19)15-8-11-16-12(17-23-11)9-6-4-5-7-10(9)18(20)21/h4-7H,8H2,1-3H3,(H,15,19). The molecule has 1 aromatic carbocycles. The van der Waals surface area contributed by atoms with Gasteiger partial charge in [-0.15, -0.1) is 0 Å². The molecule has 0 spiro atoms. The minimum absolute atomic E-state index is 0.0391. The molecule has 0 aliphatic carbocycles. The lowest BCUT2D eigenvalue weighted by atomic mass is 10.2. The normalized spacial score (nSPS) is 11.1. The number of amides is 1. The molecule has 0 saturated carbocycles. The Morgan fingerprint density at radius 2 is 2.09 bits per heavy atom. The Bertz CT molecular complexity index is 720. The van der Waals surface area contributed by atoms with Gasteiger partial charge in [-0.25, -0.2) is 4.79 Å². The van der Waals surface area contributed by atoms with Gasteiger partial charge < -0.3 is 14.6 Å². The molecular weight excluding hydrogens is 304 g/mol. The van der Waals surface area contributed by atoms with Gasteiger partial charge in [0.2, 0.25) is 11.7 Å². The van der Waals surface area contributed by atoms with Crippen LogP contribution in [0.1, 0.15) is 26.7 Å². The number of nitrogens with zero attached hydrogens (tertiary/aromatic N) is 3. The molecule has 2 rings (SSSR count). The highest BCUT2D eigenvalue weighted by molar-refractivity contribution is 5.68. The van der Waals surface area contributed by atoms with E-state index in [1.165, 1.54) is 12.1 Å². The summed E-state index contributed by atoms with van der Waals surface area (Å²) in [5.41, 5.74) is -0.501. The van der Waals surface area contributed by atoms with Crippen molar-refractivity contribution in [1.82, 2.24) is 15.5 Å². The molecule has 0 aliphatic heterocycles. The second kappa shape index (κ2) is 6.42. The van der Waals surface area contributed by atoms with E-state index in [1.54, 1.807) is 32.9 Å². The first-order valence-corrected chi connectivity index (χ1v) is 6.79. The third-order valence-electron chi connectivity index (χ3n) is 2.59. The monoisotopic (exact) mass is 320 g/mol. The summed E-state index contributed by atoms with van der Waals surface area (Å²) in [6.45, 7) is 5.19. The quantitative estimate of drug-likeness (QED) is 0.679. The van der Waals surface area contributed by atoms with Gasteiger partial charge in [0, 0.05) is 6.07 Å². The highest BCUT2D eigenvalue weighted by Crippen LogP contribution is 2.26. The van der Waals surface area contributed by atoms with Crippen LogP contribution >= 0.6 is 0 Å². The van der Waals surface area contributed by atoms with Crippen LogP contribution in [0.2, 0.25) is 0 Å². The van der Waals surface area contributed by atoms with Crippen LogP contribution < -0.4 is 5.32 Å².